The Balaban J connectivity index is 1.06. The van der Waals surface area contributed by atoms with Crippen molar-refractivity contribution in [2.45, 2.75) is 114 Å². The number of fused-ring (bicyclic) bond motifs is 2. The molecule has 2 aromatic rings. The molecule has 1 aliphatic heterocycles. The summed E-state index contributed by atoms with van der Waals surface area (Å²) >= 11 is 6.36. The second kappa shape index (κ2) is 13.4. The van der Waals surface area contributed by atoms with E-state index in [2.05, 4.69) is 20.3 Å². The van der Waals surface area contributed by atoms with Crippen molar-refractivity contribution in [1.29, 1.82) is 0 Å². The molecule has 8 rings (SSSR count). The average Bonchev–Trinajstić information content (AvgIpc) is 3.92. The minimum atomic E-state index is -3.87. The maximum atomic E-state index is 14.7. The number of hydrogen-bond donors (Lipinski definition) is 3. The number of hydrogen-bond acceptors (Lipinski definition) is 10. The van der Waals surface area contributed by atoms with Crippen molar-refractivity contribution < 1.29 is 41.8 Å². The summed E-state index contributed by atoms with van der Waals surface area (Å²) in [6, 6.07) is 3.02. The van der Waals surface area contributed by atoms with E-state index < -0.39 is 68.2 Å². The summed E-state index contributed by atoms with van der Waals surface area (Å²) in [5.74, 6) is 0.0649. The van der Waals surface area contributed by atoms with Crippen LogP contribution in [0.15, 0.2) is 24.4 Å². The molecular weight excluding hydrogens is 738 g/mol. The van der Waals surface area contributed by atoms with Crippen LogP contribution in [0.25, 0.3) is 10.8 Å². The van der Waals surface area contributed by atoms with E-state index in [1.165, 1.54) is 24.6 Å². The molecule has 0 bridgehead atoms. The molecule has 0 spiro atoms. The second-order valence-corrected chi connectivity index (χ2v) is 19.7. The lowest BCUT2D eigenvalue weighted by Crippen LogP contribution is -2.60. The molecule has 16 heteroatoms. The maximum Gasteiger partial charge on any atom is 0.408 e. The first-order valence-corrected chi connectivity index (χ1v) is 20.9. The van der Waals surface area contributed by atoms with E-state index in [-0.39, 0.29) is 36.8 Å². The zero-order valence-electron chi connectivity index (χ0n) is 30.9. The van der Waals surface area contributed by atoms with Crippen LogP contribution in [-0.4, -0.2) is 90.9 Å². The highest BCUT2D eigenvalue weighted by atomic mass is 35.5. The molecule has 6 aliphatic rings. The van der Waals surface area contributed by atoms with Gasteiger partial charge in [0.05, 0.1) is 25.1 Å². The van der Waals surface area contributed by atoms with E-state index in [0.717, 1.165) is 25.7 Å². The standard InChI is InChI=1S/C38H48ClN5O9S/c1-37(2,3)31(41-36(48)53-23-12-20-11-21(20)13-23)34(46)44-18-24(52-33-27-14-22(39)7-10-26(27)30(51-4)17-40-33)15-29(44)32(45)42-38(16-28(38)19-5-6-19)35(47)43-54(49,50)25-8-9-25/h7,10,14,17,19-21,23-25,28-29,31H,5-6,8-9,11-13,15-16,18H2,1-4H3,(H,41,48)(H,42,45)(H,43,47)/t20-,21+,23?,24-,28+,29+,31-,38-/m1/s1. The van der Waals surface area contributed by atoms with Gasteiger partial charge in [-0.1, -0.05) is 32.4 Å². The summed E-state index contributed by atoms with van der Waals surface area (Å²) in [6.45, 7) is 5.42. The minimum Gasteiger partial charge on any atom is -0.494 e. The number of carbonyl (C=O) groups is 4. The van der Waals surface area contributed by atoms with Crippen LogP contribution in [0.1, 0.15) is 78.6 Å². The third-order valence-corrected chi connectivity index (χ3v) is 14.2. The zero-order valence-corrected chi connectivity index (χ0v) is 32.5. The van der Waals surface area contributed by atoms with Crippen molar-refractivity contribution in [3.8, 4) is 11.6 Å². The number of likely N-dealkylation sites (tertiary alicyclic amines) is 1. The quantitative estimate of drug-likeness (QED) is 0.284. The van der Waals surface area contributed by atoms with E-state index >= 15 is 0 Å². The van der Waals surface area contributed by atoms with Crippen molar-refractivity contribution in [3.05, 3.63) is 29.4 Å². The van der Waals surface area contributed by atoms with Crippen LogP contribution in [-0.2, 0) is 29.1 Å². The first kappa shape index (κ1) is 37.1. The molecule has 54 heavy (non-hydrogen) atoms. The molecule has 0 radical (unpaired) electrons. The van der Waals surface area contributed by atoms with Gasteiger partial charge in [-0.3, -0.25) is 19.1 Å². The molecule has 2 heterocycles. The molecule has 5 saturated carbocycles. The van der Waals surface area contributed by atoms with Gasteiger partial charge in [0.15, 0.2) is 0 Å². The number of benzene rings is 1. The average molecular weight is 786 g/mol. The monoisotopic (exact) mass is 785 g/mol. The molecule has 4 amide bonds. The number of pyridine rings is 1. The fraction of sp³-hybridized carbons (Fsp3) is 0.658. The Hall–Kier alpha value is -3.85. The minimum absolute atomic E-state index is 0.0334. The third kappa shape index (κ3) is 7.29. The van der Waals surface area contributed by atoms with Crippen molar-refractivity contribution in [2.75, 3.05) is 13.7 Å². The first-order valence-electron chi connectivity index (χ1n) is 19.0. The lowest BCUT2D eigenvalue weighted by atomic mass is 9.85. The number of rotatable bonds is 12. The van der Waals surface area contributed by atoms with Gasteiger partial charge in [0.25, 0.3) is 5.91 Å². The molecule has 1 aromatic heterocycles. The van der Waals surface area contributed by atoms with Gasteiger partial charge < -0.3 is 29.7 Å². The number of methoxy groups -OCH3 is 1. The Morgan fingerprint density at radius 3 is 2.35 bits per heavy atom. The Morgan fingerprint density at radius 1 is 0.981 bits per heavy atom. The molecule has 6 fully saturated rings. The Bertz CT molecular complexity index is 1990. The molecule has 14 nitrogen and oxygen atoms in total. The highest BCUT2D eigenvalue weighted by Crippen LogP contribution is 2.57. The summed E-state index contributed by atoms with van der Waals surface area (Å²) in [5, 5.41) is 6.86. The molecule has 1 unspecified atom stereocenters. The van der Waals surface area contributed by atoms with Crippen LogP contribution < -0.4 is 24.8 Å². The van der Waals surface area contributed by atoms with Crippen molar-refractivity contribution in [3.63, 3.8) is 0 Å². The predicted molar refractivity (Wildman–Crippen MR) is 197 cm³/mol. The van der Waals surface area contributed by atoms with Crippen molar-refractivity contribution >= 4 is 56.2 Å². The Kier molecular flexibility index (Phi) is 9.22. The van der Waals surface area contributed by atoms with E-state index in [4.69, 9.17) is 25.8 Å². The van der Waals surface area contributed by atoms with Gasteiger partial charge in [-0.2, -0.15) is 0 Å². The number of amides is 4. The van der Waals surface area contributed by atoms with Crippen LogP contribution in [0.3, 0.4) is 0 Å². The van der Waals surface area contributed by atoms with Crippen LogP contribution in [0, 0.1) is 29.1 Å². The van der Waals surface area contributed by atoms with Gasteiger partial charge in [-0.05, 0) is 98.7 Å². The molecule has 292 valence electrons. The number of alkyl carbamates (subject to hydrolysis) is 1. The van der Waals surface area contributed by atoms with Gasteiger partial charge >= 0.3 is 6.09 Å². The van der Waals surface area contributed by atoms with Gasteiger partial charge in [-0.25, -0.2) is 18.2 Å². The highest BCUT2D eigenvalue weighted by molar-refractivity contribution is 7.91. The number of ether oxygens (including phenoxy) is 3. The molecule has 8 atom stereocenters. The van der Waals surface area contributed by atoms with E-state index in [9.17, 15) is 27.6 Å². The maximum absolute atomic E-state index is 14.7. The number of nitrogens with one attached hydrogen (secondary N) is 3. The summed E-state index contributed by atoms with van der Waals surface area (Å²) in [4.78, 5) is 61.9. The van der Waals surface area contributed by atoms with Crippen LogP contribution in [0.2, 0.25) is 5.02 Å². The largest absolute Gasteiger partial charge is 0.494 e. The number of nitrogens with zero attached hydrogens (tertiary/aromatic N) is 2. The molecule has 1 aromatic carbocycles. The number of halogens is 1. The van der Waals surface area contributed by atoms with Crippen molar-refractivity contribution in [1.82, 2.24) is 25.2 Å². The number of carbonyl (C=O) groups excluding carboxylic acids is 4. The van der Waals surface area contributed by atoms with Crippen LogP contribution >= 0.6 is 11.6 Å². The second-order valence-electron chi connectivity index (χ2n) is 17.3. The number of sulfonamides is 1. The third-order valence-electron chi connectivity index (χ3n) is 12.1. The predicted octanol–water partition coefficient (Wildman–Crippen LogP) is 4.08. The normalized spacial score (nSPS) is 30.6. The fourth-order valence-corrected chi connectivity index (χ4v) is 10.2. The smallest absolute Gasteiger partial charge is 0.408 e. The Morgan fingerprint density at radius 2 is 1.70 bits per heavy atom. The Labute approximate surface area is 319 Å². The zero-order chi connectivity index (χ0) is 38.3. The lowest BCUT2D eigenvalue weighted by Gasteiger charge is -2.35. The summed E-state index contributed by atoms with van der Waals surface area (Å²) < 4.78 is 45.6. The SMILES string of the molecule is COc1cnc(O[C@@H]2C[C@@H](C(=O)N[C@]3(C(=O)NS(=O)(=O)C4CC4)C[C@H]3C3CC3)N(C(=O)[C@@H](NC(=O)OC3C[C@@H]4C[C@@H]4C3)C(C)(C)C)C2)c2cc(Cl)ccc12. The lowest BCUT2D eigenvalue weighted by molar-refractivity contribution is -0.143. The molecule has 5 aliphatic carbocycles. The van der Waals surface area contributed by atoms with E-state index in [1.54, 1.807) is 18.2 Å². The van der Waals surface area contributed by atoms with Gasteiger partial charge in [0.1, 0.15) is 35.6 Å². The highest BCUT2D eigenvalue weighted by Gasteiger charge is 2.67. The van der Waals surface area contributed by atoms with Gasteiger partial charge in [0, 0.05) is 22.2 Å². The first-order chi connectivity index (χ1) is 25.6. The van der Waals surface area contributed by atoms with Crippen LogP contribution in [0.4, 0.5) is 4.79 Å². The summed E-state index contributed by atoms with van der Waals surface area (Å²) in [5.41, 5.74) is -2.20. The molecular formula is C38H48ClN5O9S. The van der Waals surface area contributed by atoms with Gasteiger partial charge in [-0.15, -0.1) is 0 Å². The number of aromatic nitrogens is 1. The van der Waals surface area contributed by atoms with Crippen LogP contribution in [0.5, 0.6) is 11.6 Å². The fourth-order valence-electron chi connectivity index (χ4n) is 8.63. The molecule has 1 saturated heterocycles. The van der Waals surface area contributed by atoms with E-state index in [1.807, 2.05) is 20.8 Å². The molecule has 3 N–H and O–H groups in total. The van der Waals surface area contributed by atoms with E-state index in [0.29, 0.717) is 52.6 Å². The summed E-state index contributed by atoms with van der Waals surface area (Å²) in [7, 11) is -2.34. The van der Waals surface area contributed by atoms with Gasteiger partial charge in [0.2, 0.25) is 27.7 Å². The summed E-state index contributed by atoms with van der Waals surface area (Å²) in [6.07, 6.45) is 5.79. The van der Waals surface area contributed by atoms with Crippen molar-refractivity contribution in [2.24, 2.45) is 29.1 Å². The topological polar surface area (TPSA) is 182 Å².